The number of ether oxygens (including phenoxy) is 1. The zero-order valence-corrected chi connectivity index (χ0v) is 9.12. The van der Waals surface area contributed by atoms with Gasteiger partial charge in [-0.1, -0.05) is 0 Å². The second-order valence-corrected chi connectivity index (χ2v) is 3.45. The standard InChI is InChI=1S/C9H20N2O3/c1-11(2)7-8(12)6-10-5-4-9(13)14-3/h8,10,12H,4-7H2,1-3H3. The van der Waals surface area contributed by atoms with Gasteiger partial charge in [-0.3, -0.25) is 4.79 Å². The minimum Gasteiger partial charge on any atom is -0.469 e. The summed E-state index contributed by atoms with van der Waals surface area (Å²) in [7, 11) is 5.17. The van der Waals surface area contributed by atoms with Crippen molar-refractivity contribution in [1.29, 1.82) is 0 Å². The van der Waals surface area contributed by atoms with Crippen molar-refractivity contribution in [1.82, 2.24) is 10.2 Å². The maximum Gasteiger partial charge on any atom is 0.306 e. The molecule has 84 valence electrons. The Bertz CT molecular complexity index is 162. The van der Waals surface area contributed by atoms with Gasteiger partial charge >= 0.3 is 5.97 Å². The van der Waals surface area contributed by atoms with E-state index >= 15 is 0 Å². The fourth-order valence-corrected chi connectivity index (χ4v) is 1.05. The molecule has 2 N–H and O–H groups in total. The third kappa shape index (κ3) is 7.97. The minimum absolute atomic E-state index is 0.236. The molecule has 0 saturated heterocycles. The number of methoxy groups -OCH3 is 1. The Labute approximate surface area is 85.0 Å². The summed E-state index contributed by atoms with van der Waals surface area (Å²) in [6, 6.07) is 0. The maximum atomic E-state index is 10.7. The van der Waals surface area contributed by atoms with E-state index in [-0.39, 0.29) is 5.97 Å². The SMILES string of the molecule is COC(=O)CCNCC(O)CN(C)C. The second-order valence-electron chi connectivity index (χ2n) is 3.45. The van der Waals surface area contributed by atoms with Crippen LogP contribution in [0.1, 0.15) is 6.42 Å². The lowest BCUT2D eigenvalue weighted by Gasteiger charge is -2.16. The highest BCUT2D eigenvalue weighted by molar-refractivity contribution is 5.69. The fourth-order valence-electron chi connectivity index (χ4n) is 1.05. The number of carbonyl (C=O) groups is 1. The molecule has 0 spiro atoms. The highest BCUT2D eigenvalue weighted by atomic mass is 16.5. The van der Waals surface area contributed by atoms with Gasteiger partial charge in [0.05, 0.1) is 19.6 Å². The first kappa shape index (κ1) is 13.4. The number of aliphatic hydroxyl groups is 1. The second kappa shape index (κ2) is 7.73. The Kier molecular flexibility index (Phi) is 7.37. The van der Waals surface area contributed by atoms with Crippen LogP contribution < -0.4 is 5.32 Å². The monoisotopic (exact) mass is 204 g/mol. The van der Waals surface area contributed by atoms with E-state index in [1.165, 1.54) is 7.11 Å². The Balaban J connectivity index is 3.31. The zero-order chi connectivity index (χ0) is 11.0. The van der Waals surface area contributed by atoms with E-state index in [4.69, 9.17) is 0 Å². The van der Waals surface area contributed by atoms with Crippen LogP contribution in [0.3, 0.4) is 0 Å². The van der Waals surface area contributed by atoms with E-state index in [9.17, 15) is 9.90 Å². The third-order valence-corrected chi connectivity index (χ3v) is 1.69. The number of rotatable bonds is 7. The average Bonchev–Trinajstić information content (AvgIpc) is 2.10. The van der Waals surface area contributed by atoms with Gasteiger partial charge in [-0.05, 0) is 14.1 Å². The summed E-state index contributed by atoms with van der Waals surface area (Å²) in [5.41, 5.74) is 0. The number of aliphatic hydroxyl groups excluding tert-OH is 1. The molecule has 0 bridgehead atoms. The summed E-state index contributed by atoms with van der Waals surface area (Å²) in [6.07, 6.45) is -0.0619. The number of esters is 1. The Morgan fingerprint density at radius 2 is 2.21 bits per heavy atom. The largest absolute Gasteiger partial charge is 0.469 e. The Hall–Kier alpha value is -0.650. The van der Waals surface area contributed by atoms with Crippen molar-refractivity contribution < 1.29 is 14.6 Å². The average molecular weight is 204 g/mol. The number of hydrogen-bond acceptors (Lipinski definition) is 5. The summed E-state index contributed by atoms with van der Waals surface area (Å²) < 4.78 is 4.47. The first-order valence-corrected chi connectivity index (χ1v) is 4.66. The molecule has 0 fully saturated rings. The molecule has 0 aliphatic carbocycles. The van der Waals surface area contributed by atoms with Crippen molar-refractivity contribution in [3.63, 3.8) is 0 Å². The predicted octanol–water partition coefficient (Wildman–Crippen LogP) is -0.938. The van der Waals surface area contributed by atoms with Gasteiger partial charge in [0.25, 0.3) is 0 Å². The molecule has 5 nitrogen and oxygen atoms in total. The molecule has 0 saturated carbocycles. The van der Waals surface area contributed by atoms with E-state index in [1.807, 2.05) is 19.0 Å². The molecule has 5 heteroatoms. The van der Waals surface area contributed by atoms with Crippen molar-refractivity contribution in [3.05, 3.63) is 0 Å². The molecule has 0 aliphatic heterocycles. The van der Waals surface area contributed by atoms with Gasteiger partial charge in [-0.25, -0.2) is 0 Å². The predicted molar refractivity (Wildman–Crippen MR) is 54.1 cm³/mol. The van der Waals surface area contributed by atoms with Crippen LogP contribution in [0.15, 0.2) is 0 Å². The highest BCUT2D eigenvalue weighted by Crippen LogP contribution is 1.85. The molecule has 1 atom stereocenters. The fraction of sp³-hybridized carbons (Fsp3) is 0.889. The van der Waals surface area contributed by atoms with E-state index in [0.717, 1.165) is 0 Å². The molecule has 0 aromatic heterocycles. The van der Waals surface area contributed by atoms with E-state index in [0.29, 0.717) is 26.1 Å². The molecule has 0 aromatic carbocycles. The van der Waals surface area contributed by atoms with Gasteiger partial charge in [-0.2, -0.15) is 0 Å². The van der Waals surface area contributed by atoms with Crippen molar-refractivity contribution >= 4 is 5.97 Å². The molecule has 0 radical (unpaired) electrons. The van der Waals surface area contributed by atoms with Crippen LogP contribution in [0.4, 0.5) is 0 Å². The van der Waals surface area contributed by atoms with Crippen LogP contribution in [0.2, 0.25) is 0 Å². The van der Waals surface area contributed by atoms with Crippen LogP contribution in [0.5, 0.6) is 0 Å². The lowest BCUT2D eigenvalue weighted by Crippen LogP contribution is -2.35. The number of carbonyl (C=O) groups excluding carboxylic acids is 1. The number of likely N-dealkylation sites (N-methyl/N-ethyl adjacent to an activating group) is 1. The smallest absolute Gasteiger partial charge is 0.306 e. The highest BCUT2D eigenvalue weighted by Gasteiger charge is 2.05. The van der Waals surface area contributed by atoms with Crippen LogP contribution in [-0.4, -0.2) is 62.9 Å². The molecule has 14 heavy (non-hydrogen) atoms. The normalized spacial score (nSPS) is 12.9. The van der Waals surface area contributed by atoms with Gasteiger partial charge in [0.1, 0.15) is 0 Å². The summed E-state index contributed by atoms with van der Waals surface area (Å²) in [4.78, 5) is 12.6. The third-order valence-electron chi connectivity index (χ3n) is 1.69. The minimum atomic E-state index is -0.400. The molecule has 0 rings (SSSR count). The van der Waals surface area contributed by atoms with Gasteiger partial charge < -0.3 is 20.1 Å². The van der Waals surface area contributed by atoms with E-state index < -0.39 is 6.10 Å². The Morgan fingerprint density at radius 1 is 1.57 bits per heavy atom. The van der Waals surface area contributed by atoms with Gasteiger partial charge in [0, 0.05) is 19.6 Å². The number of nitrogens with zero attached hydrogens (tertiary/aromatic N) is 1. The van der Waals surface area contributed by atoms with Crippen LogP contribution in [0, 0.1) is 0 Å². The van der Waals surface area contributed by atoms with Crippen molar-refractivity contribution in [3.8, 4) is 0 Å². The van der Waals surface area contributed by atoms with E-state index in [1.54, 1.807) is 0 Å². The van der Waals surface area contributed by atoms with Gasteiger partial charge in [0.15, 0.2) is 0 Å². The van der Waals surface area contributed by atoms with Crippen LogP contribution in [0.25, 0.3) is 0 Å². The molecule has 0 heterocycles. The zero-order valence-electron chi connectivity index (χ0n) is 9.12. The summed E-state index contributed by atoms with van der Waals surface area (Å²) >= 11 is 0. The first-order chi connectivity index (χ1) is 6.56. The van der Waals surface area contributed by atoms with Gasteiger partial charge in [-0.15, -0.1) is 0 Å². The van der Waals surface area contributed by atoms with E-state index in [2.05, 4.69) is 10.1 Å². The topological polar surface area (TPSA) is 61.8 Å². The summed E-state index contributed by atoms with van der Waals surface area (Å²) in [5.74, 6) is -0.236. The molecule has 0 aromatic rings. The van der Waals surface area contributed by atoms with Gasteiger partial charge in [0.2, 0.25) is 0 Å². The number of nitrogens with one attached hydrogen (secondary N) is 1. The maximum absolute atomic E-state index is 10.7. The summed E-state index contributed by atoms with van der Waals surface area (Å²) in [6.45, 7) is 1.65. The molecular formula is C9H20N2O3. The lowest BCUT2D eigenvalue weighted by atomic mass is 10.3. The molecule has 0 amide bonds. The van der Waals surface area contributed by atoms with Crippen molar-refractivity contribution in [2.24, 2.45) is 0 Å². The van der Waals surface area contributed by atoms with Crippen molar-refractivity contribution in [2.75, 3.05) is 40.8 Å². The molecule has 1 unspecified atom stereocenters. The molecule has 0 aliphatic rings. The molecular weight excluding hydrogens is 184 g/mol. The Morgan fingerprint density at radius 3 is 2.71 bits per heavy atom. The van der Waals surface area contributed by atoms with Crippen LogP contribution in [-0.2, 0) is 9.53 Å². The number of hydrogen-bond donors (Lipinski definition) is 2. The quantitative estimate of drug-likeness (QED) is 0.414. The summed E-state index contributed by atoms with van der Waals surface area (Å²) in [5, 5.41) is 12.4. The van der Waals surface area contributed by atoms with Crippen LogP contribution >= 0.6 is 0 Å². The van der Waals surface area contributed by atoms with Crippen molar-refractivity contribution in [2.45, 2.75) is 12.5 Å². The lowest BCUT2D eigenvalue weighted by molar-refractivity contribution is -0.140. The first-order valence-electron chi connectivity index (χ1n) is 4.66.